The third kappa shape index (κ3) is 5.96. The average Bonchev–Trinajstić information content (AvgIpc) is 3.94. The van der Waals surface area contributed by atoms with Gasteiger partial charge in [0.05, 0.1) is 31.7 Å². The molecular formula is C60H40N2. The molecule has 2 nitrogen and oxygen atoms in total. The number of para-hydroxylation sites is 1. The number of aromatic nitrogens is 2. The van der Waals surface area contributed by atoms with E-state index in [1.807, 2.05) is 109 Å². The van der Waals surface area contributed by atoms with Crippen LogP contribution in [0.5, 0.6) is 0 Å². The lowest BCUT2D eigenvalue weighted by molar-refractivity contribution is 1.18. The molecule has 2 aromatic heterocycles. The number of hydrogen-bond acceptors (Lipinski definition) is 0. The Morgan fingerprint density at radius 1 is 0.290 bits per heavy atom. The maximum absolute atomic E-state index is 10.1. The molecule has 12 rings (SSSR count). The number of hydrogen-bond donors (Lipinski definition) is 0. The van der Waals surface area contributed by atoms with Crippen molar-refractivity contribution in [2.24, 2.45) is 0 Å². The number of rotatable bonds is 7. The summed E-state index contributed by atoms with van der Waals surface area (Å²) in [6.45, 7) is 0. The van der Waals surface area contributed by atoms with E-state index in [1.54, 1.807) is 4.57 Å². The fourth-order valence-electron chi connectivity index (χ4n) is 9.14. The van der Waals surface area contributed by atoms with E-state index < -0.39 is 12.1 Å². The highest BCUT2D eigenvalue weighted by Gasteiger charge is 2.20. The van der Waals surface area contributed by atoms with Gasteiger partial charge in [0.2, 0.25) is 0 Å². The normalized spacial score (nSPS) is 13.1. The lowest BCUT2D eigenvalue weighted by Gasteiger charge is -2.13. The van der Waals surface area contributed by atoms with Crippen LogP contribution in [0.3, 0.4) is 0 Å². The zero-order valence-corrected chi connectivity index (χ0v) is 33.4. The topological polar surface area (TPSA) is 9.86 Å². The zero-order chi connectivity index (χ0) is 47.1. The van der Waals surface area contributed by atoms with E-state index in [1.165, 1.54) is 0 Å². The molecule has 0 amide bonds. The summed E-state index contributed by atoms with van der Waals surface area (Å²) in [5.74, 6) is 0. The molecule has 0 spiro atoms. The highest BCUT2D eigenvalue weighted by Crippen LogP contribution is 2.44. The number of benzene rings is 10. The van der Waals surface area contributed by atoms with Crippen LogP contribution in [-0.2, 0) is 0 Å². The minimum Gasteiger partial charge on any atom is -0.309 e. The highest BCUT2D eigenvalue weighted by molar-refractivity contribution is 6.18. The minimum absolute atomic E-state index is 0.0905. The number of fused-ring (bicyclic) bond motifs is 6. The van der Waals surface area contributed by atoms with Crippen LogP contribution in [0, 0.1) is 0 Å². The van der Waals surface area contributed by atoms with Crippen LogP contribution in [0.2, 0.25) is 0 Å². The molecule has 290 valence electrons. The van der Waals surface area contributed by atoms with Gasteiger partial charge in [0, 0.05) is 32.9 Å². The third-order valence-electron chi connectivity index (χ3n) is 12.0. The van der Waals surface area contributed by atoms with Crippen molar-refractivity contribution >= 4 is 43.6 Å². The van der Waals surface area contributed by atoms with E-state index >= 15 is 0 Å². The van der Waals surface area contributed by atoms with Gasteiger partial charge >= 0.3 is 0 Å². The van der Waals surface area contributed by atoms with Crippen molar-refractivity contribution in [2.75, 3.05) is 0 Å². The van der Waals surface area contributed by atoms with Crippen molar-refractivity contribution < 1.29 is 9.60 Å². The smallest absolute Gasteiger partial charge is 0.0645 e. The number of nitrogens with zero attached hydrogens (tertiary/aromatic N) is 2. The summed E-state index contributed by atoms with van der Waals surface area (Å²) in [4.78, 5) is 0. The Morgan fingerprint density at radius 2 is 0.823 bits per heavy atom. The molecule has 2 heterocycles. The first-order chi connectivity index (χ1) is 33.7. The highest BCUT2D eigenvalue weighted by atomic mass is 15.0. The lowest BCUT2D eigenvalue weighted by atomic mass is 9.91. The van der Waals surface area contributed by atoms with Gasteiger partial charge < -0.3 is 9.13 Å². The van der Waals surface area contributed by atoms with Crippen molar-refractivity contribution in [3.63, 3.8) is 0 Å². The Hall–Kier alpha value is -8.20. The van der Waals surface area contributed by atoms with Gasteiger partial charge in [-0.25, -0.2) is 0 Å². The molecule has 0 fully saturated rings. The Morgan fingerprint density at radius 3 is 1.52 bits per heavy atom. The van der Waals surface area contributed by atoms with Crippen LogP contribution in [0.25, 0.3) is 111 Å². The fraction of sp³-hybridized carbons (Fsp3) is 0. The Bertz CT molecular complexity index is 4030. The molecule has 0 bridgehead atoms. The Balaban J connectivity index is 1.16. The van der Waals surface area contributed by atoms with Crippen LogP contribution in [-0.4, -0.2) is 9.13 Å². The Labute approximate surface area is 370 Å². The van der Waals surface area contributed by atoms with Crippen LogP contribution < -0.4 is 0 Å². The fourth-order valence-corrected chi connectivity index (χ4v) is 9.14. The SMILES string of the molecule is [2H]c1c([2H])c([2H])c2c(c1[2H])c1c([2H])c(-c3ccc4c(c3)c3c(-c5ccccc5-c5ccccc5)cccc3n4-c3cccc(-c4ccccc4)c3)c([2H])c([2H])c1n2-c1cccc(-c2ccccc2)c1. The summed E-state index contributed by atoms with van der Waals surface area (Å²) in [7, 11) is 0. The van der Waals surface area contributed by atoms with Crippen molar-refractivity contribution in [3.05, 3.63) is 242 Å². The molecule has 0 aliphatic carbocycles. The second-order valence-electron chi connectivity index (χ2n) is 15.5. The lowest BCUT2D eigenvalue weighted by Crippen LogP contribution is -1.95. The standard InChI is InChI=1S/C60H40N2/c1-4-17-41(18-5-1)44-23-14-25-48(37-44)61-56-31-13-12-29-52(56)54-39-46(33-35-57(54)61)47-34-36-58-55(40-47)60-53(51-28-11-10-27-50(51)43-21-8-3-9-22-43)30-16-32-59(60)62(58)49-26-15-24-45(38-49)42-19-6-2-7-20-42/h1-40H/i12D,13D,29D,31D,33D,35D,39D. The van der Waals surface area contributed by atoms with Crippen LogP contribution in [0.15, 0.2) is 242 Å². The van der Waals surface area contributed by atoms with Gasteiger partial charge in [-0.3, -0.25) is 0 Å². The van der Waals surface area contributed by atoms with Gasteiger partial charge in [-0.15, -0.1) is 0 Å². The minimum atomic E-state index is -0.430. The summed E-state index contributed by atoms with van der Waals surface area (Å²) in [6.07, 6.45) is 0. The molecule has 0 N–H and O–H groups in total. The summed E-state index contributed by atoms with van der Waals surface area (Å²) in [5.41, 5.74) is 12.7. The van der Waals surface area contributed by atoms with Gasteiger partial charge in [0.15, 0.2) is 0 Å². The maximum Gasteiger partial charge on any atom is 0.0645 e. The van der Waals surface area contributed by atoms with E-state index in [9.17, 15) is 6.85 Å². The van der Waals surface area contributed by atoms with Gasteiger partial charge in [-0.1, -0.05) is 182 Å². The monoisotopic (exact) mass is 795 g/mol. The summed E-state index contributed by atoms with van der Waals surface area (Å²) >= 11 is 0. The van der Waals surface area contributed by atoms with E-state index in [2.05, 4.69) is 95.6 Å². The second-order valence-corrected chi connectivity index (χ2v) is 15.5. The second kappa shape index (κ2) is 14.8. The maximum atomic E-state index is 10.1. The molecule has 10 aromatic carbocycles. The van der Waals surface area contributed by atoms with Crippen molar-refractivity contribution in [2.45, 2.75) is 0 Å². The van der Waals surface area contributed by atoms with Gasteiger partial charge in [-0.2, -0.15) is 0 Å². The molecule has 12 aromatic rings. The van der Waals surface area contributed by atoms with Crippen molar-refractivity contribution in [1.29, 1.82) is 0 Å². The summed E-state index contributed by atoms with van der Waals surface area (Å²) in [5, 5.41) is 2.20. The van der Waals surface area contributed by atoms with E-state index in [0.717, 1.165) is 72.0 Å². The first kappa shape index (κ1) is 29.1. The predicted molar refractivity (Wildman–Crippen MR) is 262 cm³/mol. The van der Waals surface area contributed by atoms with E-state index in [4.69, 9.17) is 2.74 Å². The van der Waals surface area contributed by atoms with Crippen molar-refractivity contribution in [3.8, 4) is 67.0 Å². The van der Waals surface area contributed by atoms with Crippen LogP contribution in [0.4, 0.5) is 0 Å². The third-order valence-corrected chi connectivity index (χ3v) is 12.0. The molecule has 0 atom stereocenters. The Kier molecular flexibility index (Phi) is 6.95. The molecule has 62 heavy (non-hydrogen) atoms. The molecule has 0 radical (unpaired) electrons. The largest absolute Gasteiger partial charge is 0.309 e. The molecular weight excluding hydrogens is 749 g/mol. The van der Waals surface area contributed by atoms with E-state index in [0.29, 0.717) is 11.3 Å². The van der Waals surface area contributed by atoms with Crippen LogP contribution >= 0.6 is 0 Å². The molecule has 0 aliphatic rings. The molecule has 2 heteroatoms. The quantitative estimate of drug-likeness (QED) is 0.152. The predicted octanol–water partition coefficient (Wildman–Crippen LogP) is 16.2. The van der Waals surface area contributed by atoms with Crippen LogP contribution in [0.1, 0.15) is 9.60 Å². The summed E-state index contributed by atoms with van der Waals surface area (Å²) in [6, 6.07) is 65.4. The molecule has 0 aliphatic heterocycles. The van der Waals surface area contributed by atoms with Gasteiger partial charge in [0.25, 0.3) is 0 Å². The average molecular weight is 796 g/mol. The van der Waals surface area contributed by atoms with E-state index in [-0.39, 0.29) is 57.6 Å². The zero-order valence-electron chi connectivity index (χ0n) is 40.4. The van der Waals surface area contributed by atoms with Gasteiger partial charge in [-0.05, 0) is 116 Å². The summed E-state index contributed by atoms with van der Waals surface area (Å²) < 4.78 is 69.7. The molecule has 0 saturated heterocycles. The first-order valence-electron chi connectivity index (χ1n) is 24.3. The first-order valence-corrected chi connectivity index (χ1v) is 20.8. The van der Waals surface area contributed by atoms with Gasteiger partial charge in [0.1, 0.15) is 0 Å². The van der Waals surface area contributed by atoms with Crippen molar-refractivity contribution in [1.82, 2.24) is 9.13 Å². The molecule has 0 saturated carbocycles. The molecule has 0 unspecified atom stereocenters.